The van der Waals surface area contributed by atoms with Crippen molar-refractivity contribution in [3.05, 3.63) is 41.9 Å². The van der Waals surface area contributed by atoms with E-state index in [1.807, 2.05) is 44.0 Å². The average Bonchev–Trinajstić information content (AvgIpc) is 2.77. The monoisotopic (exact) mass is 267 g/mol. The van der Waals surface area contributed by atoms with Gasteiger partial charge in [-0.2, -0.15) is 0 Å². The van der Waals surface area contributed by atoms with Crippen molar-refractivity contribution in [1.82, 2.24) is 15.0 Å². The topological polar surface area (TPSA) is 70.8 Å². The Morgan fingerprint density at radius 2 is 2.00 bits per heavy atom. The van der Waals surface area contributed by atoms with E-state index in [9.17, 15) is 0 Å². The number of benzene rings is 1. The maximum atomic E-state index is 5.75. The highest BCUT2D eigenvalue weighted by atomic mass is 15.2. The summed E-state index contributed by atoms with van der Waals surface area (Å²) in [6, 6.07) is 8.06. The van der Waals surface area contributed by atoms with Crippen LogP contribution in [-0.4, -0.2) is 22.0 Å². The Morgan fingerprint density at radius 3 is 2.75 bits per heavy atom. The van der Waals surface area contributed by atoms with Crippen LogP contribution in [0.1, 0.15) is 11.4 Å². The first-order chi connectivity index (χ1) is 9.54. The SMILES string of the molecule is Cc1nc2ccc(N(C)c3ncc(N)cc3C)cc2[nH]1. The molecule has 5 heteroatoms. The van der Waals surface area contributed by atoms with Crippen LogP contribution in [0.2, 0.25) is 0 Å². The van der Waals surface area contributed by atoms with E-state index < -0.39 is 0 Å². The molecule has 0 radical (unpaired) electrons. The fourth-order valence-electron chi connectivity index (χ4n) is 2.40. The van der Waals surface area contributed by atoms with Gasteiger partial charge in [0.15, 0.2) is 0 Å². The summed E-state index contributed by atoms with van der Waals surface area (Å²) in [5.41, 5.74) is 10.5. The molecule has 0 bridgehead atoms. The lowest BCUT2D eigenvalue weighted by molar-refractivity contribution is 1.11. The number of aryl methyl sites for hydroxylation is 2. The first-order valence-electron chi connectivity index (χ1n) is 6.47. The van der Waals surface area contributed by atoms with Crippen LogP contribution in [0.5, 0.6) is 0 Å². The molecule has 0 aliphatic heterocycles. The van der Waals surface area contributed by atoms with Crippen molar-refractivity contribution in [2.75, 3.05) is 17.7 Å². The fraction of sp³-hybridized carbons (Fsp3) is 0.200. The molecule has 5 nitrogen and oxygen atoms in total. The lowest BCUT2D eigenvalue weighted by Gasteiger charge is -2.20. The van der Waals surface area contributed by atoms with Crippen LogP contribution in [0.3, 0.4) is 0 Å². The molecule has 0 spiro atoms. The van der Waals surface area contributed by atoms with Gasteiger partial charge >= 0.3 is 0 Å². The van der Waals surface area contributed by atoms with Crippen molar-refractivity contribution in [2.24, 2.45) is 0 Å². The molecule has 0 fully saturated rings. The van der Waals surface area contributed by atoms with Gasteiger partial charge in [-0.15, -0.1) is 0 Å². The zero-order valence-electron chi connectivity index (χ0n) is 11.8. The first kappa shape index (κ1) is 12.5. The number of hydrogen-bond acceptors (Lipinski definition) is 4. The van der Waals surface area contributed by atoms with Crippen molar-refractivity contribution < 1.29 is 0 Å². The van der Waals surface area contributed by atoms with Gasteiger partial charge in [0.25, 0.3) is 0 Å². The molecule has 3 rings (SSSR count). The van der Waals surface area contributed by atoms with Crippen molar-refractivity contribution in [3.8, 4) is 0 Å². The Kier molecular flexibility index (Phi) is 2.82. The van der Waals surface area contributed by atoms with Crippen molar-refractivity contribution in [2.45, 2.75) is 13.8 Å². The van der Waals surface area contributed by atoms with Gasteiger partial charge in [-0.3, -0.25) is 0 Å². The standard InChI is InChI=1S/C15H17N5/c1-9-6-11(16)8-17-15(9)20(3)12-4-5-13-14(7-12)19-10(2)18-13/h4-8H,16H2,1-3H3,(H,18,19). The minimum atomic E-state index is 0.680. The van der Waals surface area contributed by atoms with E-state index >= 15 is 0 Å². The van der Waals surface area contributed by atoms with Crippen LogP contribution in [-0.2, 0) is 0 Å². The summed E-state index contributed by atoms with van der Waals surface area (Å²) in [6.45, 7) is 3.96. The minimum absolute atomic E-state index is 0.680. The number of pyridine rings is 1. The third-order valence-corrected chi connectivity index (χ3v) is 3.36. The Hall–Kier alpha value is -2.56. The Morgan fingerprint density at radius 1 is 1.20 bits per heavy atom. The zero-order chi connectivity index (χ0) is 14.3. The molecule has 0 unspecified atom stereocenters. The van der Waals surface area contributed by atoms with Crippen molar-refractivity contribution in [3.63, 3.8) is 0 Å². The highest BCUT2D eigenvalue weighted by Gasteiger charge is 2.10. The maximum absolute atomic E-state index is 5.75. The van der Waals surface area contributed by atoms with E-state index in [-0.39, 0.29) is 0 Å². The van der Waals surface area contributed by atoms with Gasteiger partial charge in [-0.1, -0.05) is 0 Å². The van der Waals surface area contributed by atoms with Crippen LogP contribution < -0.4 is 10.6 Å². The van der Waals surface area contributed by atoms with E-state index in [1.54, 1.807) is 6.20 Å². The highest BCUT2D eigenvalue weighted by Crippen LogP contribution is 2.27. The van der Waals surface area contributed by atoms with Crippen LogP contribution in [0.4, 0.5) is 17.2 Å². The van der Waals surface area contributed by atoms with E-state index in [4.69, 9.17) is 5.73 Å². The van der Waals surface area contributed by atoms with E-state index in [1.165, 1.54) is 0 Å². The number of nitrogens with zero attached hydrogens (tertiary/aromatic N) is 3. The fourth-order valence-corrected chi connectivity index (χ4v) is 2.40. The molecular formula is C15H17N5. The van der Waals surface area contributed by atoms with E-state index in [0.717, 1.165) is 33.9 Å². The molecule has 0 atom stereocenters. The Balaban J connectivity index is 2.04. The normalized spacial score (nSPS) is 10.9. The third-order valence-electron chi connectivity index (χ3n) is 3.36. The molecule has 2 aromatic heterocycles. The van der Waals surface area contributed by atoms with E-state index in [2.05, 4.69) is 21.0 Å². The number of hydrogen-bond donors (Lipinski definition) is 2. The number of anilines is 3. The number of rotatable bonds is 2. The second kappa shape index (κ2) is 4.52. The van der Waals surface area contributed by atoms with Crippen molar-refractivity contribution in [1.29, 1.82) is 0 Å². The Labute approximate surface area is 117 Å². The molecule has 2 heterocycles. The summed E-state index contributed by atoms with van der Waals surface area (Å²) < 4.78 is 0. The first-order valence-corrected chi connectivity index (χ1v) is 6.47. The molecular weight excluding hydrogens is 250 g/mol. The van der Waals surface area contributed by atoms with Gasteiger partial charge in [-0.05, 0) is 43.7 Å². The smallest absolute Gasteiger partial charge is 0.135 e. The quantitative estimate of drug-likeness (QED) is 0.749. The van der Waals surface area contributed by atoms with Gasteiger partial charge in [0, 0.05) is 12.7 Å². The number of imidazole rings is 1. The molecule has 102 valence electrons. The number of nitrogens with two attached hydrogens (primary N) is 1. The number of fused-ring (bicyclic) bond motifs is 1. The number of aromatic amines is 1. The van der Waals surface area contributed by atoms with Gasteiger partial charge in [0.2, 0.25) is 0 Å². The van der Waals surface area contributed by atoms with Crippen LogP contribution in [0.15, 0.2) is 30.5 Å². The second-order valence-corrected chi connectivity index (χ2v) is 4.99. The zero-order valence-corrected chi connectivity index (χ0v) is 11.8. The largest absolute Gasteiger partial charge is 0.397 e. The van der Waals surface area contributed by atoms with Gasteiger partial charge in [0.05, 0.1) is 22.9 Å². The summed E-state index contributed by atoms with van der Waals surface area (Å²) in [7, 11) is 2.00. The lowest BCUT2D eigenvalue weighted by Crippen LogP contribution is -2.12. The minimum Gasteiger partial charge on any atom is -0.397 e. The summed E-state index contributed by atoms with van der Waals surface area (Å²) in [4.78, 5) is 14.1. The maximum Gasteiger partial charge on any atom is 0.135 e. The molecule has 1 aromatic carbocycles. The molecule has 0 saturated heterocycles. The molecule has 0 aliphatic rings. The molecule has 0 aliphatic carbocycles. The molecule has 3 N–H and O–H groups in total. The Bertz CT molecular complexity index is 775. The third kappa shape index (κ3) is 2.07. The number of nitrogen functional groups attached to an aromatic ring is 1. The predicted molar refractivity (Wildman–Crippen MR) is 82.3 cm³/mol. The predicted octanol–water partition coefficient (Wildman–Crippen LogP) is 2.92. The number of H-pyrrole nitrogens is 1. The highest BCUT2D eigenvalue weighted by molar-refractivity contribution is 5.81. The lowest BCUT2D eigenvalue weighted by atomic mass is 10.2. The van der Waals surface area contributed by atoms with Gasteiger partial charge in [-0.25, -0.2) is 9.97 Å². The molecule has 20 heavy (non-hydrogen) atoms. The van der Waals surface area contributed by atoms with E-state index in [0.29, 0.717) is 5.69 Å². The summed E-state index contributed by atoms with van der Waals surface area (Å²) in [5.74, 6) is 1.82. The number of nitrogens with one attached hydrogen (secondary N) is 1. The van der Waals surface area contributed by atoms with Crippen LogP contribution in [0.25, 0.3) is 11.0 Å². The second-order valence-electron chi connectivity index (χ2n) is 4.99. The molecule has 0 amide bonds. The molecule has 0 saturated carbocycles. The average molecular weight is 267 g/mol. The summed E-state index contributed by atoms with van der Waals surface area (Å²) in [5, 5.41) is 0. The van der Waals surface area contributed by atoms with Gasteiger partial charge < -0.3 is 15.6 Å². The molecule has 3 aromatic rings. The summed E-state index contributed by atoms with van der Waals surface area (Å²) >= 11 is 0. The van der Waals surface area contributed by atoms with Gasteiger partial charge in [0.1, 0.15) is 11.6 Å². The number of aromatic nitrogens is 3. The van der Waals surface area contributed by atoms with Crippen LogP contribution in [0, 0.1) is 13.8 Å². The van der Waals surface area contributed by atoms with Crippen molar-refractivity contribution >= 4 is 28.2 Å². The summed E-state index contributed by atoms with van der Waals surface area (Å²) in [6.07, 6.45) is 1.68. The van der Waals surface area contributed by atoms with Crippen LogP contribution >= 0.6 is 0 Å².